The van der Waals surface area contributed by atoms with Gasteiger partial charge >= 0.3 is 0 Å². The van der Waals surface area contributed by atoms with Gasteiger partial charge < -0.3 is 9.88 Å². The van der Waals surface area contributed by atoms with E-state index in [9.17, 15) is 0 Å². The average Bonchev–Trinajstić information content (AvgIpc) is 2.83. The molecule has 0 radical (unpaired) electrons. The van der Waals surface area contributed by atoms with Crippen LogP contribution >= 0.6 is 0 Å². The third-order valence-electron chi connectivity index (χ3n) is 2.36. The van der Waals surface area contributed by atoms with Gasteiger partial charge in [-0.1, -0.05) is 6.92 Å². The zero-order chi connectivity index (χ0) is 8.39. The Balaban J connectivity index is 2.03. The maximum absolute atomic E-state index is 3.35. The van der Waals surface area contributed by atoms with E-state index in [2.05, 4.69) is 35.1 Å². The molecule has 1 N–H and O–H groups in total. The maximum Gasteiger partial charge on any atom is 0.0359 e. The number of nitrogens with zero attached hydrogens (tertiary/aromatic N) is 1. The highest BCUT2D eigenvalue weighted by atomic mass is 15.1. The molecule has 0 unspecified atom stereocenters. The summed E-state index contributed by atoms with van der Waals surface area (Å²) in [4.78, 5) is 0. The summed E-state index contributed by atoms with van der Waals surface area (Å²) in [6.45, 7) is 4.21. The summed E-state index contributed by atoms with van der Waals surface area (Å²) >= 11 is 0. The summed E-state index contributed by atoms with van der Waals surface area (Å²) in [5, 5.41) is 3.35. The van der Waals surface area contributed by atoms with Crippen molar-refractivity contribution >= 4 is 0 Å². The van der Waals surface area contributed by atoms with Crippen molar-refractivity contribution in [3.05, 3.63) is 24.0 Å². The van der Waals surface area contributed by atoms with Crippen molar-refractivity contribution in [3.8, 4) is 0 Å². The van der Waals surface area contributed by atoms with Gasteiger partial charge in [-0.3, -0.25) is 0 Å². The fourth-order valence-electron chi connectivity index (χ4n) is 1.54. The molecule has 12 heavy (non-hydrogen) atoms. The summed E-state index contributed by atoms with van der Waals surface area (Å²) in [5.41, 5.74) is 1.43. The molecule has 2 nitrogen and oxygen atoms in total. The first-order chi connectivity index (χ1) is 5.92. The SMILES string of the molecule is CCNCc1cccn1C1CC1. The van der Waals surface area contributed by atoms with E-state index in [1.807, 2.05) is 0 Å². The van der Waals surface area contributed by atoms with Crippen LogP contribution in [0.15, 0.2) is 18.3 Å². The Morgan fingerprint density at radius 1 is 1.58 bits per heavy atom. The van der Waals surface area contributed by atoms with Gasteiger partial charge in [0.25, 0.3) is 0 Å². The Morgan fingerprint density at radius 2 is 2.42 bits per heavy atom. The molecular formula is C10H16N2. The molecule has 1 fully saturated rings. The first kappa shape index (κ1) is 7.87. The smallest absolute Gasteiger partial charge is 0.0359 e. The Bertz CT molecular complexity index is 248. The molecule has 1 aliphatic rings. The van der Waals surface area contributed by atoms with Crippen molar-refractivity contribution in [2.24, 2.45) is 0 Å². The molecule has 1 aromatic heterocycles. The normalized spacial score (nSPS) is 16.8. The Morgan fingerprint density at radius 3 is 3.08 bits per heavy atom. The Labute approximate surface area is 73.6 Å². The van der Waals surface area contributed by atoms with E-state index < -0.39 is 0 Å². The second-order valence-electron chi connectivity index (χ2n) is 3.42. The molecule has 0 saturated heterocycles. The second-order valence-corrected chi connectivity index (χ2v) is 3.42. The van der Waals surface area contributed by atoms with Gasteiger partial charge in [0.05, 0.1) is 0 Å². The van der Waals surface area contributed by atoms with Crippen LogP contribution in [0.25, 0.3) is 0 Å². The van der Waals surface area contributed by atoms with Gasteiger partial charge in [0.1, 0.15) is 0 Å². The molecule has 0 amide bonds. The van der Waals surface area contributed by atoms with E-state index in [0.717, 1.165) is 19.1 Å². The number of hydrogen-bond acceptors (Lipinski definition) is 1. The zero-order valence-electron chi connectivity index (χ0n) is 7.59. The molecule has 0 bridgehead atoms. The third kappa shape index (κ3) is 1.53. The fourth-order valence-corrected chi connectivity index (χ4v) is 1.54. The van der Waals surface area contributed by atoms with Gasteiger partial charge in [0.15, 0.2) is 0 Å². The zero-order valence-corrected chi connectivity index (χ0v) is 7.59. The van der Waals surface area contributed by atoms with Crippen LogP contribution in [0, 0.1) is 0 Å². The molecule has 0 aromatic carbocycles. The molecular weight excluding hydrogens is 148 g/mol. The largest absolute Gasteiger partial charge is 0.347 e. The van der Waals surface area contributed by atoms with Crippen molar-refractivity contribution in [1.82, 2.24) is 9.88 Å². The third-order valence-corrected chi connectivity index (χ3v) is 2.36. The molecule has 1 aliphatic carbocycles. The number of rotatable bonds is 4. The quantitative estimate of drug-likeness (QED) is 0.719. The molecule has 0 aliphatic heterocycles. The highest BCUT2D eigenvalue weighted by Gasteiger charge is 2.24. The van der Waals surface area contributed by atoms with E-state index in [0.29, 0.717) is 0 Å². The molecule has 1 heterocycles. The predicted octanol–water partition coefficient (Wildman–Crippen LogP) is 1.93. The van der Waals surface area contributed by atoms with Crippen LogP contribution in [0.4, 0.5) is 0 Å². The van der Waals surface area contributed by atoms with E-state index in [1.54, 1.807) is 0 Å². The van der Waals surface area contributed by atoms with Crippen molar-refractivity contribution < 1.29 is 0 Å². The van der Waals surface area contributed by atoms with E-state index in [-0.39, 0.29) is 0 Å². The minimum Gasteiger partial charge on any atom is -0.347 e. The summed E-state index contributed by atoms with van der Waals surface area (Å²) < 4.78 is 2.41. The second kappa shape index (κ2) is 3.31. The van der Waals surface area contributed by atoms with Crippen molar-refractivity contribution in [1.29, 1.82) is 0 Å². The van der Waals surface area contributed by atoms with Gasteiger partial charge in [-0.2, -0.15) is 0 Å². The van der Waals surface area contributed by atoms with E-state index >= 15 is 0 Å². The van der Waals surface area contributed by atoms with Crippen LogP contribution in [-0.2, 0) is 6.54 Å². The lowest BCUT2D eigenvalue weighted by molar-refractivity contribution is 0.637. The molecule has 2 rings (SSSR count). The van der Waals surface area contributed by atoms with Crippen molar-refractivity contribution in [2.45, 2.75) is 32.4 Å². The van der Waals surface area contributed by atoms with Gasteiger partial charge in [-0.15, -0.1) is 0 Å². The van der Waals surface area contributed by atoms with E-state index in [1.165, 1.54) is 18.5 Å². The first-order valence-corrected chi connectivity index (χ1v) is 4.78. The van der Waals surface area contributed by atoms with Crippen LogP contribution in [0.5, 0.6) is 0 Å². The minimum absolute atomic E-state index is 0.814. The van der Waals surface area contributed by atoms with E-state index in [4.69, 9.17) is 0 Å². The Hall–Kier alpha value is -0.760. The molecule has 0 atom stereocenters. The van der Waals surface area contributed by atoms with Crippen molar-refractivity contribution in [3.63, 3.8) is 0 Å². The Kier molecular flexibility index (Phi) is 2.17. The molecule has 2 heteroatoms. The highest BCUT2D eigenvalue weighted by molar-refractivity contribution is 5.10. The lowest BCUT2D eigenvalue weighted by atomic mass is 10.4. The lowest BCUT2D eigenvalue weighted by Gasteiger charge is -2.07. The molecule has 66 valence electrons. The van der Waals surface area contributed by atoms with Crippen LogP contribution < -0.4 is 5.32 Å². The molecule has 1 saturated carbocycles. The summed E-state index contributed by atoms with van der Waals surface area (Å²) in [5.74, 6) is 0. The molecule has 0 spiro atoms. The molecule has 1 aromatic rings. The van der Waals surface area contributed by atoms with Crippen LogP contribution in [0.1, 0.15) is 31.5 Å². The topological polar surface area (TPSA) is 17.0 Å². The van der Waals surface area contributed by atoms with Gasteiger partial charge in [-0.25, -0.2) is 0 Å². The van der Waals surface area contributed by atoms with Crippen LogP contribution in [-0.4, -0.2) is 11.1 Å². The number of nitrogens with one attached hydrogen (secondary N) is 1. The van der Waals surface area contributed by atoms with Crippen LogP contribution in [0.3, 0.4) is 0 Å². The van der Waals surface area contributed by atoms with Crippen molar-refractivity contribution in [2.75, 3.05) is 6.54 Å². The summed E-state index contributed by atoms with van der Waals surface area (Å²) in [6.07, 6.45) is 4.94. The standard InChI is InChI=1S/C10H16N2/c1-2-11-8-10-4-3-7-12(10)9-5-6-9/h3-4,7,9,11H,2,5-6,8H2,1H3. The van der Waals surface area contributed by atoms with Gasteiger partial charge in [-0.05, 0) is 31.5 Å². The van der Waals surface area contributed by atoms with Gasteiger partial charge in [0, 0.05) is 24.5 Å². The average molecular weight is 164 g/mol. The summed E-state index contributed by atoms with van der Waals surface area (Å²) in [7, 11) is 0. The highest BCUT2D eigenvalue weighted by Crippen LogP contribution is 2.35. The fraction of sp³-hybridized carbons (Fsp3) is 0.600. The maximum atomic E-state index is 3.35. The number of aromatic nitrogens is 1. The monoisotopic (exact) mass is 164 g/mol. The minimum atomic E-state index is 0.814. The van der Waals surface area contributed by atoms with Gasteiger partial charge in [0.2, 0.25) is 0 Å². The number of hydrogen-bond donors (Lipinski definition) is 1. The first-order valence-electron chi connectivity index (χ1n) is 4.78. The summed E-state index contributed by atoms with van der Waals surface area (Å²) in [6, 6.07) is 5.17. The lowest BCUT2D eigenvalue weighted by Crippen LogP contribution is -2.14. The van der Waals surface area contributed by atoms with Crippen LogP contribution in [0.2, 0.25) is 0 Å². The predicted molar refractivity (Wildman–Crippen MR) is 50.1 cm³/mol.